The maximum Gasteiger partial charge on any atom is 0.375 e. The van der Waals surface area contributed by atoms with Crippen molar-refractivity contribution in [3.63, 3.8) is 0 Å². The molecule has 7 aromatic rings. The molecule has 0 aliphatic carbocycles. The molecule has 0 radical (unpaired) electrons. The van der Waals surface area contributed by atoms with Crippen LogP contribution >= 0.6 is 11.6 Å². The van der Waals surface area contributed by atoms with E-state index in [0.717, 1.165) is 16.7 Å². The lowest BCUT2D eigenvalue weighted by Crippen LogP contribution is -2.32. The van der Waals surface area contributed by atoms with Crippen LogP contribution in [-0.2, 0) is 52.8 Å². The first-order valence-corrected chi connectivity index (χ1v) is 26.9. The molecular weight excluding hydrogens is 1160 g/mol. The van der Waals surface area contributed by atoms with Gasteiger partial charge in [-0.3, -0.25) is 19.2 Å². The molecule has 0 bridgehead atoms. The number of aryl methyl sites for hydroxylation is 1. The highest BCUT2D eigenvalue weighted by molar-refractivity contribution is 6.38. The summed E-state index contributed by atoms with van der Waals surface area (Å²) in [7, 11) is 12.0. The van der Waals surface area contributed by atoms with Gasteiger partial charge in [0, 0.05) is 79.0 Å². The zero-order valence-corrected chi connectivity index (χ0v) is 50.6. The topological polar surface area (TPSA) is 306 Å². The highest BCUT2D eigenvalue weighted by Crippen LogP contribution is 2.43. The van der Waals surface area contributed by atoms with Gasteiger partial charge in [0.2, 0.25) is 0 Å². The summed E-state index contributed by atoms with van der Waals surface area (Å²) in [5.74, 6) is -1.17. The number of Topliss-reactive ketones (excluding diaryl/α,β-unsaturated/α-hetero) is 4. The number of carboxylic acids is 1. The van der Waals surface area contributed by atoms with Crippen LogP contribution in [0.5, 0.6) is 51.7 Å². The molecule has 0 saturated heterocycles. The van der Waals surface area contributed by atoms with Gasteiger partial charge in [-0.2, -0.15) is 0 Å². The largest absolute Gasteiger partial charge is 0.496 e. The quantitative estimate of drug-likeness (QED) is 0.0218. The van der Waals surface area contributed by atoms with E-state index in [1.54, 1.807) is 57.5 Å². The van der Waals surface area contributed by atoms with Crippen molar-refractivity contribution in [2.45, 2.75) is 53.4 Å². The number of ether oxygens (including phenoxy) is 10. The molecule has 4 heterocycles. The van der Waals surface area contributed by atoms with E-state index in [9.17, 15) is 48.3 Å². The molecule has 0 spiro atoms. The molecule has 2 atom stereocenters. The fourth-order valence-corrected chi connectivity index (χ4v) is 9.22. The van der Waals surface area contributed by atoms with E-state index < -0.39 is 58.0 Å². The standard InChI is InChI=1S/C19H20O8.C16H16O7.C15H16O5.C13H13ClO3/c1-5-26-19(23)18(22)13(10(2)20)6-11-7-16(21)27-15-9-12(24-3)8-14(25-4)17(11)15;1-8(17)11(16(19)20)4-9-5-14(18)23-13-7-10(21-2)6-12(22-3)15(9)13;1-9(16)4-5-10-6-14(17)20-13-8-11(18-2)7-12(19-3)15(10)13;1-8-4-9(7-14)13-11(16-3)5-10(15-2)6-12(13)17-8/h7-9,13H,5-6H2,1-4H3;5-7,11H,4H2,1-3H3,(H,19,20);6-8H,4-5H2,1-3H3;4-6H,1,7H2,2-3H3. The van der Waals surface area contributed by atoms with E-state index in [1.165, 1.54) is 93.8 Å². The number of aliphatic carboxylic acids is 1. The summed E-state index contributed by atoms with van der Waals surface area (Å²) in [5.41, 5.74) is 2.26. The number of esters is 1. The minimum absolute atomic E-state index is 0.0146. The van der Waals surface area contributed by atoms with E-state index in [4.69, 9.17) is 72.2 Å². The predicted octanol–water partition coefficient (Wildman–Crippen LogP) is 8.90. The zero-order valence-electron chi connectivity index (χ0n) is 49.8. The molecule has 3 aromatic heterocycles. The molecule has 87 heavy (non-hydrogen) atoms. The van der Waals surface area contributed by atoms with E-state index >= 15 is 0 Å². The lowest BCUT2D eigenvalue weighted by Gasteiger charge is -2.21. The van der Waals surface area contributed by atoms with Gasteiger partial charge >= 0.3 is 28.8 Å². The highest BCUT2D eigenvalue weighted by atomic mass is 35.5. The SMILES string of the molecule is C=C1C=C(CCl)c2c(OC)cc(OC)cc2O1.CCOC(=O)C(=O)C(Cc1cc(=O)oc2cc(OC)cc(OC)c12)C(C)=O.COc1cc(OC)c2c(CC(C(C)=O)C(=O)O)cc(=O)oc2c1.COc1cc(OC)c2c(CCC(C)=O)cc(=O)oc2c1. The Morgan fingerprint density at radius 2 is 0.931 bits per heavy atom. The van der Waals surface area contributed by atoms with Crippen LogP contribution in [0.25, 0.3) is 38.5 Å². The summed E-state index contributed by atoms with van der Waals surface area (Å²) in [4.78, 5) is 105. The monoisotopic (exact) mass is 1220 g/mol. The van der Waals surface area contributed by atoms with Gasteiger partial charge in [-0.15, -0.1) is 11.6 Å². The summed E-state index contributed by atoms with van der Waals surface area (Å²) in [5, 5.41) is 10.7. The number of benzene rings is 4. The molecule has 0 saturated carbocycles. The first-order chi connectivity index (χ1) is 41.4. The average Bonchev–Trinajstić information content (AvgIpc) is 1.44. The van der Waals surface area contributed by atoms with Gasteiger partial charge in [0.1, 0.15) is 97.5 Å². The van der Waals surface area contributed by atoms with E-state index in [0.29, 0.717) is 109 Å². The Morgan fingerprint density at radius 3 is 1.30 bits per heavy atom. The van der Waals surface area contributed by atoms with Gasteiger partial charge in [-0.05, 0) is 75.3 Å². The van der Waals surface area contributed by atoms with Crippen LogP contribution in [0.2, 0.25) is 0 Å². The van der Waals surface area contributed by atoms with Crippen molar-refractivity contribution in [2.24, 2.45) is 11.8 Å². The summed E-state index contributed by atoms with van der Waals surface area (Å²) in [6.45, 7) is 9.28. The number of carbonyl (C=O) groups excluding carboxylic acids is 5. The molecule has 1 N–H and O–H groups in total. The second kappa shape index (κ2) is 31.3. The molecule has 0 fully saturated rings. The number of carbonyl (C=O) groups is 6. The Hall–Kier alpha value is -9.90. The highest BCUT2D eigenvalue weighted by Gasteiger charge is 2.32. The zero-order chi connectivity index (χ0) is 64.4. The van der Waals surface area contributed by atoms with Crippen molar-refractivity contribution in [3.8, 4) is 51.7 Å². The second-order valence-corrected chi connectivity index (χ2v) is 19.1. The van der Waals surface area contributed by atoms with Crippen molar-refractivity contribution < 1.29 is 94.5 Å². The third kappa shape index (κ3) is 17.1. The number of allylic oxidation sites excluding steroid dienone is 2. The normalized spacial score (nSPS) is 11.9. The van der Waals surface area contributed by atoms with Crippen molar-refractivity contribution in [1.29, 1.82) is 0 Å². The van der Waals surface area contributed by atoms with Crippen LogP contribution in [-0.4, -0.2) is 110 Å². The molecule has 8 rings (SSSR count). The van der Waals surface area contributed by atoms with Crippen molar-refractivity contribution in [1.82, 2.24) is 0 Å². The van der Waals surface area contributed by atoms with Gasteiger partial charge in [0.15, 0.2) is 0 Å². The maximum atomic E-state index is 12.3. The number of methoxy groups -OCH3 is 8. The molecule has 1 aliphatic rings. The minimum Gasteiger partial charge on any atom is -0.496 e. The molecule has 24 heteroatoms. The summed E-state index contributed by atoms with van der Waals surface area (Å²) >= 11 is 5.92. The molecule has 2 unspecified atom stereocenters. The van der Waals surface area contributed by atoms with Crippen LogP contribution < -0.4 is 59.5 Å². The van der Waals surface area contributed by atoms with Gasteiger partial charge in [0.25, 0.3) is 5.78 Å². The third-order valence-corrected chi connectivity index (χ3v) is 13.4. The van der Waals surface area contributed by atoms with Crippen molar-refractivity contribution >= 4 is 85.2 Å². The first-order valence-electron chi connectivity index (χ1n) is 26.3. The van der Waals surface area contributed by atoms with Crippen LogP contribution in [0.1, 0.15) is 56.4 Å². The molecule has 23 nitrogen and oxygen atoms in total. The van der Waals surface area contributed by atoms with Crippen LogP contribution in [0.15, 0.2) is 113 Å². The van der Waals surface area contributed by atoms with Crippen LogP contribution in [0.4, 0.5) is 0 Å². The lowest BCUT2D eigenvalue weighted by atomic mass is 9.90. The van der Waals surface area contributed by atoms with Crippen molar-refractivity contribution in [2.75, 3.05) is 69.4 Å². The van der Waals surface area contributed by atoms with E-state index in [-0.39, 0.29) is 36.4 Å². The van der Waals surface area contributed by atoms with E-state index in [1.807, 2.05) is 6.08 Å². The number of hydrogen-bond acceptors (Lipinski definition) is 22. The third-order valence-electron chi connectivity index (χ3n) is 13.2. The maximum absolute atomic E-state index is 12.3. The van der Waals surface area contributed by atoms with Gasteiger partial charge in [-0.1, -0.05) is 6.58 Å². The van der Waals surface area contributed by atoms with Gasteiger partial charge < -0.3 is 70.5 Å². The molecular formula is C63H65ClO23. The molecule has 0 amide bonds. The fourth-order valence-electron chi connectivity index (χ4n) is 9.01. The summed E-state index contributed by atoms with van der Waals surface area (Å²) in [6.07, 6.45) is 2.35. The fraction of sp³-hybridized carbons (Fsp3) is 0.317. The predicted molar refractivity (Wildman–Crippen MR) is 319 cm³/mol. The Bertz CT molecular complexity index is 3940. The second-order valence-electron chi connectivity index (χ2n) is 18.8. The Balaban J connectivity index is 0.000000214. The van der Waals surface area contributed by atoms with Crippen molar-refractivity contribution in [3.05, 3.63) is 139 Å². The Labute approximate surface area is 502 Å². The molecule has 4 aromatic carbocycles. The molecule has 462 valence electrons. The number of halogens is 1. The number of ketones is 4. The van der Waals surface area contributed by atoms with Gasteiger partial charge in [-0.25, -0.2) is 19.2 Å². The smallest absolute Gasteiger partial charge is 0.375 e. The minimum atomic E-state index is -1.28. The Morgan fingerprint density at radius 1 is 0.540 bits per heavy atom. The number of rotatable bonds is 22. The number of fused-ring (bicyclic) bond motifs is 4. The van der Waals surface area contributed by atoms with Crippen LogP contribution in [0.3, 0.4) is 0 Å². The first kappa shape index (κ1) is 67.9. The summed E-state index contributed by atoms with van der Waals surface area (Å²) < 4.78 is 67.7. The number of alkyl halides is 1. The summed E-state index contributed by atoms with van der Waals surface area (Å²) in [6, 6.07) is 16.9. The Kier molecular flexibility index (Phi) is 24.4. The average molecular weight is 1230 g/mol. The lowest BCUT2D eigenvalue weighted by molar-refractivity contribution is -0.156. The number of carboxylic acid groups (broad SMARTS) is 1. The van der Waals surface area contributed by atoms with Gasteiger partial charge in [0.05, 0.1) is 91.1 Å². The van der Waals surface area contributed by atoms with E-state index in [2.05, 4.69) is 6.58 Å². The molecule has 1 aliphatic heterocycles. The number of hydrogen-bond donors (Lipinski definition) is 1. The van der Waals surface area contributed by atoms with Crippen LogP contribution in [0, 0.1) is 11.8 Å².